The van der Waals surface area contributed by atoms with Crippen LogP contribution in [0.4, 0.5) is 4.39 Å². The molecule has 1 fully saturated rings. The van der Waals surface area contributed by atoms with Crippen molar-refractivity contribution in [2.24, 2.45) is 0 Å². The van der Waals surface area contributed by atoms with E-state index < -0.39 is 0 Å². The van der Waals surface area contributed by atoms with Crippen LogP contribution in [-0.2, 0) is 0 Å². The number of fused-ring (bicyclic) bond motifs is 1. The maximum Gasteiger partial charge on any atom is 0.214 e. The fraction of sp³-hybridized carbons (Fsp3) is 0.308. The van der Waals surface area contributed by atoms with E-state index in [1.165, 1.54) is 25.0 Å². The van der Waals surface area contributed by atoms with Gasteiger partial charge in [0.25, 0.3) is 0 Å². The van der Waals surface area contributed by atoms with Crippen molar-refractivity contribution in [1.82, 2.24) is 19.5 Å². The van der Waals surface area contributed by atoms with Crippen LogP contribution in [-0.4, -0.2) is 50.7 Å². The highest BCUT2D eigenvalue weighted by atomic mass is 127. The number of halogens is 2. The topological polar surface area (TPSA) is 42.7 Å². The number of aromatic nitrogens is 3. The minimum Gasteiger partial charge on any atom is -0.478 e. The maximum atomic E-state index is 13.5. The van der Waals surface area contributed by atoms with Crippen LogP contribution in [0.5, 0.6) is 5.88 Å². The standard InChI is InChI=1S/C25H25FN4O.CH3I/c1-29-16-3-4-21(29)13-17-31-23-6-2-5-22-24(18-11-14-27-15-12-18)25(28-30(22)23)19-7-9-20(26)10-8-19;1-2/h2,5-12,14-15,21H,3-4,13,16-17H2,1H3;1H3. The minimum atomic E-state index is -0.265. The summed E-state index contributed by atoms with van der Waals surface area (Å²) in [5.41, 5.74) is 4.58. The smallest absolute Gasteiger partial charge is 0.214 e. The Morgan fingerprint density at radius 1 is 1.03 bits per heavy atom. The molecule has 5 nitrogen and oxygen atoms in total. The number of ether oxygens (including phenoxy) is 1. The molecule has 1 aliphatic heterocycles. The van der Waals surface area contributed by atoms with Gasteiger partial charge in [0.1, 0.15) is 11.5 Å². The van der Waals surface area contributed by atoms with Crippen LogP contribution >= 0.6 is 22.6 Å². The number of pyridine rings is 2. The summed E-state index contributed by atoms with van der Waals surface area (Å²) in [5, 5.41) is 4.89. The second-order valence-electron chi connectivity index (χ2n) is 8.04. The van der Waals surface area contributed by atoms with E-state index in [1.54, 1.807) is 24.5 Å². The van der Waals surface area contributed by atoms with E-state index in [1.807, 2.05) is 39.8 Å². The van der Waals surface area contributed by atoms with Crippen LogP contribution in [0, 0.1) is 5.82 Å². The second-order valence-corrected chi connectivity index (χ2v) is 8.04. The predicted octanol–water partition coefficient (Wildman–Crippen LogP) is 6.12. The molecule has 0 aliphatic carbocycles. The Hall–Kier alpha value is -2.52. The molecule has 1 aliphatic rings. The summed E-state index contributed by atoms with van der Waals surface area (Å²) < 4.78 is 21.6. The first-order valence-electron chi connectivity index (χ1n) is 11.1. The van der Waals surface area contributed by atoms with Gasteiger partial charge >= 0.3 is 0 Å². The third-order valence-corrected chi connectivity index (χ3v) is 6.08. The number of likely N-dealkylation sites (tertiary alicyclic amines) is 1. The van der Waals surface area contributed by atoms with Crippen LogP contribution in [0.25, 0.3) is 27.9 Å². The van der Waals surface area contributed by atoms with Crippen LogP contribution in [0.15, 0.2) is 67.0 Å². The molecule has 172 valence electrons. The molecule has 3 aromatic heterocycles. The Kier molecular flexibility index (Phi) is 7.93. The van der Waals surface area contributed by atoms with Gasteiger partial charge in [0.15, 0.2) is 0 Å². The van der Waals surface area contributed by atoms with Crippen molar-refractivity contribution in [1.29, 1.82) is 0 Å². The fourth-order valence-corrected chi connectivity index (χ4v) is 4.41. The molecular formula is C26H28FIN4O. The summed E-state index contributed by atoms with van der Waals surface area (Å²) in [6.07, 6.45) is 7.02. The first-order chi connectivity index (χ1) is 16.2. The maximum absolute atomic E-state index is 13.5. The van der Waals surface area contributed by atoms with Gasteiger partial charge in [-0.25, -0.2) is 4.39 Å². The van der Waals surface area contributed by atoms with Gasteiger partial charge in [0, 0.05) is 35.6 Å². The summed E-state index contributed by atoms with van der Waals surface area (Å²) in [4.78, 5) is 8.52. The highest BCUT2D eigenvalue weighted by Gasteiger charge is 2.21. The highest BCUT2D eigenvalue weighted by molar-refractivity contribution is 14.1. The lowest BCUT2D eigenvalue weighted by atomic mass is 10.0. The number of alkyl halides is 1. The van der Waals surface area contributed by atoms with E-state index >= 15 is 0 Å². The normalized spacial score (nSPS) is 15.9. The zero-order valence-electron chi connectivity index (χ0n) is 18.9. The molecule has 0 N–H and O–H groups in total. The predicted molar refractivity (Wildman–Crippen MR) is 140 cm³/mol. The monoisotopic (exact) mass is 558 g/mol. The lowest BCUT2D eigenvalue weighted by Gasteiger charge is -2.19. The Labute approximate surface area is 207 Å². The molecule has 4 heterocycles. The summed E-state index contributed by atoms with van der Waals surface area (Å²) in [6.45, 7) is 1.81. The lowest BCUT2D eigenvalue weighted by Crippen LogP contribution is -2.26. The molecule has 0 bridgehead atoms. The molecule has 0 amide bonds. The summed E-state index contributed by atoms with van der Waals surface area (Å²) >= 11 is 2.15. The van der Waals surface area contributed by atoms with Crippen LogP contribution in [0.1, 0.15) is 19.3 Å². The Morgan fingerprint density at radius 2 is 1.79 bits per heavy atom. The summed E-state index contributed by atoms with van der Waals surface area (Å²) in [6, 6.07) is 16.9. The minimum absolute atomic E-state index is 0.265. The van der Waals surface area contributed by atoms with Gasteiger partial charge in [-0.15, -0.1) is 0 Å². The third-order valence-electron chi connectivity index (χ3n) is 6.08. The van der Waals surface area contributed by atoms with Gasteiger partial charge in [-0.05, 0) is 85.8 Å². The number of rotatable bonds is 6. The molecule has 33 heavy (non-hydrogen) atoms. The van der Waals surface area contributed by atoms with Crippen molar-refractivity contribution >= 4 is 28.1 Å². The molecule has 0 radical (unpaired) electrons. The van der Waals surface area contributed by atoms with Crippen LogP contribution in [0.3, 0.4) is 0 Å². The third kappa shape index (κ3) is 5.19. The van der Waals surface area contributed by atoms with E-state index in [0.29, 0.717) is 18.5 Å². The van der Waals surface area contributed by atoms with Gasteiger partial charge in [-0.3, -0.25) is 4.98 Å². The number of benzene rings is 1. The van der Waals surface area contributed by atoms with Crippen molar-refractivity contribution in [3.8, 4) is 28.3 Å². The van der Waals surface area contributed by atoms with Crippen LogP contribution < -0.4 is 4.74 Å². The molecule has 1 saturated heterocycles. The molecule has 0 saturated carbocycles. The zero-order valence-corrected chi connectivity index (χ0v) is 21.1. The molecule has 1 aromatic carbocycles. The van der Waals surface area contributed by atoms with Crippen LogP contribution in [0.2, 0.25) is 0 Å². The molecule has 5 rings (SSSR count). The van der Waals surface area contributed by atoms with E-state index in [4.69, 9.17) is 9.84 Å². The van der Waals surface area contributed by atoms with Gasteiger partial charge in [0.05, 0.1) is 12.1 Å². The van der Waals surface area contributed by atoms with E-state index in [2.05, 4.69) is 39.5 Å². The summed E-state index contributed by atoms with van der Waals surface area (Å²) in [7, 11) is 2.18. The molecule has 1 atom stereocenters. The number of hydrogen-bond acceptors (Lipinski definition) is 4. The lowest BCUT2D eigenvalue weighted by molar-refractivity contribution is 0.225. The SMILES string of the molecule is CI.CN1CCCC1CCOc1cccc2c(-c3ccncc3)c(-c3ccc(F)cc3)nn12. The van der Waals surface area contributed by atoms with Crippen molar-refractivity contribution in [3.05, 3.63) is 72.8 Å². The number of nitrogens with zero attached hydrogens (tertiary/aromatic N) is 4. The van der Waals surface area contributed by atoms with Gasteiger partial charge in [-0.1, -0.05) is 28.7 Å². The summed E-state index contributed by atoms with van der Waals surface area (Å²) in [5.74, 6) is 0.445. The van der Waals surface area contributed by atoms with Crippen molar-refractivity contribution < 1.29 is 9.13 Å². The van der Waals surface area contributed by atoms with Crippen molar-refractivity contribution in [2.45, 2.75) is 25.3 Å². The average molecular weight is 558 g/mol. The molecule has 0 spiro atoms. The van der Waals surface area contributed by atoms with E-state index in [9.17, 15) is 4.39 Å². The Morgan fingerprint density at radius 3 is 2.48 bits per heavy atom. The van der Waals surface area contributed by atoms with E-state index in [0.717, 1.165) is 40.9 Å². The first kappa shape index (κ1) is 23.6. The largest absolute Gasteiger partial charge is 0.478 e. The molecule has 4 aromatic rings. The fourth-order valence-electron chi connectivity index (χ4n) is 4.41. The van der Waals surface area contributed by atoms with Gasteiger partial charge in [0.2, 0.25) is 5.88 Å². The number of hydrogen-bond donors (Lipinski definition) is 0. The Balaban J connectivity index is 0.00000126. The molecular weight excluding hydrogens is 530 g/mol. The van der Waals surface area contributed by atoms with Crippen molar-refractivity contribution in [3.63, 3.8) is 0 Å². The van der Waals surface area contributed by atoms with Gasteiger partial charge in [-0.2, -0.15) is 9.61 Å². The first-order valence-corrected chi connectivity index (χ1v) is 13.3. The second kappa shape index (κ2) is 11.1. The quantitative estimate of drug-likeness (QED) is 0.212. The van der Waals surface area contributed by atoms with Crippen molar-refractivity contribution in [2.75, 3.05) is 25.1 Å². The molecule has 7 heteroatoms. The van der Waals surface area contributed by atoms with Gasteiger partial charge < -0.3 is 9.64 Å². The Bertz CT molecular complexity index is 1180. The zero-order chi connectivity index (χ0) is 23.2. The molecule has 1 unspecified atom stereocenters. The average Bonchev–Trinajstić information content (AvgIpc) is 3.45. The highest BCUT2D eigenvalue weighted by Crippen LogP contribution is 2.36. The van der Waals surface area contributed by atoms with E-state index in [-0.39, 0.29) is 5.82 Å².